The Bertz CT molecular complexity index is 1160. The van der Waals surface area contributed by atoms with Crippen LogP contribution in [0, 0.1) is 0 Å². The van der Waals surface area contributed by atoms with Gasteiger partial charge in [-0.3, -0.25) is 5.32 Å². The molecule has 0 saturated carbocycles. The number of carbonyl (C=O) groups excluding carboxylic acids is 1. The molecule has 0 spiro atoms. The topological polar surface area (TPSA) is 88.1 Å². The van der Waals surface area contributed by atoms with E-state index in [4.69, 9.17) is 9.47 Å². The van der Waals surface area contributed by atoms with Gasteiger partial charge >= 0.3 is 12.1 Å². The van der Waals surface area contributed by atoms with Gasteiger partial charge < -0.3 is 19.5 Å². The number of hydrogen-bond acceptors (Lipinski definition) is 5. The Labute approximate surface area is 191 Å². The molecule has 0 radical (unpaired) electrons. The Morgan fingerprint density at radius 2 is 1.61 bits per heavy atom. The number of carbonyl (C=O) groups is 2. The average molecular weight is 444 g/mol. The zero-order valence-electron chi connectivity index (χ0n) is 18.0. The molecule has 1 aliphatic carbocycles. The van der Waals surface area contributed by atoms with Gasteiger partial charge in [0.25, 0.3) is 0 Å². The molecule has 3 aromatic carbocycles. The number of aromatic carboxylic acids is 1. The van der Waals surface area contributed by atoms with Gasteiger partial charge in [-0.25, -0.2) is 9.59 Å². The third-order valence-electron chi connectivity index (χ3n) is 6.19. The molecular formula is C26H24N2O5. The maximum Gasteiger partial charge on any atom is 0.411 e. The van der Waals surface area contributed by atoms with Gasteiger partial charge in [-0.2, -0.15) is 0 Å². The minimum absolute atomic E-state index is 0.0144. The Balaban J connectivity index is 1.33. The number of hydrogen-bond donors (Lipinski definition) is 2. The fourth-order valence-corrected chi connectivity index (χ4v) is 4.58. The number of nitrogens with one attached hydrogen (secondary N) is 1. The van der Waals surface area contributed by atoms with Gasteiger partial charge in [-0.15, -0.1) is 0 Å². The van der Waals surface area contributed by atoms with Crippen molar-refractivity contribution in [3.05, 3.63) is 83.4 Å². The van der Waals surface area contributed by atoms with Crippen LogP contribution in [0.4, 0.5) is 16.2 Å². The molecule has 1 aliphatic heterocycles. The fourth-order valence-electron chi connectivity index (χ4n) is 4.58. The van der Waals surface area contributed by atoms with Crippen molar-refractivity contribution < 1.29 is 24.2 Å². The standard InChI is InChI=1S/C26H24N2O5/c29-25(30)22-10-9-17(28-11-13-32-14-12-28)15-24(22)27-26(31)33-16-23-20-7-3-1-5-18(20)19-6-2-4-8-21(19)23/h1-10,15,23H,11-14,16H2,(H,27,31)(H,29,30). The van der Waals surface area contributed by atoms with E-state index >= 15 is 0 Å². The van der Waals surface area contributed by atoms with E-state index in [9.17, 15) is 14.7 Å². The van der Waals surface area contributed by atoms with E-state index in [0.29, 0.717) is 26.3 Å². The van der Waals surface area contributed by atoms with Gasteiger partial charge in [0.2, 0.25) is 0 Å². The van der Waals surface area contributed by atoms with Crippen LogP contribution in [-0.4, -0.2) is 50.1 Å². The van der Waals surface area contributed by atoms with Crippen molar-refractivity contribution in [2.45, 2.75) is 5.92 Å². The normalized spacial score (nSPS) is 15.0. The maximum atomic E-state index is 12.7. The highest BCUT2D eigenvalue weighted by Gasteiger charge is 2.29. The highest BCUT2D eigenvalue weighted by atomic mass is 16.5. The van der Waals surface area contributed by atoms with Crippen molar-refractivity contribution in [2.75, 3.05) is 43.1 Å². The molecule has 5 rings (SSSR count). The Kier molecular flexibility index (Phi) is 5.71. The number of fused-ring (bicyclic) bond motifs is 3. The first kappa shape index (κ1) is 21.0. The molecule has 33 heavy (non-hydrogen) atoms. The van der Waals surface area contributed by atoms with Gasteiger partial charge in [0.05, 0.1) is 24.5 Å². The molecule has 168 valence electrons. The van der Waals surface area contributed by atoms with Crippen molar-refractivity contribution >= 4 is 23.4 Å². The zero-order chi connectivity index (χ0) is 22.8. The summed E-state index contributed by atoms with van der Waals surface area (Å²) in [4.78, 5) is 26.5. The number of rotatable bonds is 5. The molecular weight excluding hydrogens is 420 g/mol. The number of carboxylic acids is 1. The summed E-state index contributed by atoms with van der Waals surface area (Å²) in [6.45, 7) is 2.78. The van der Waals surface area contributed by atoms with Crippen molar-refractivity contribution in [1.29, 1.82) is 0 Å². The lowest BCUT2D eigenvalue weighted by atomic mass is 9.98. The Hall–Kier alpha value is -3.84. The minimum atomic E-state index is -1.11. The number of anilines is 2. The largest absolute Gasteiger partial charge is 0.478 e. The van der Waals surface area contributed by atoms with Crippen LogP contribution >= 0.6 is 0 Å². The summed E-state index contributed by atoms with van der Waals surface area (Å²) in [5.41, 5.74) is 5.59. The SMILES string of the molecule is O=C(Nc1cc(N2CCOCC2)ccc1C(=O)O)OCC1c2ccccc2-c2ccccc21. The van der Waals surface area contributed by atoms with Crippen LogP contribution in [0.3, 0.4) is 0 Å². The van der Waals surface area contributed by atoms with Crippen LogP contribution < -0.4 is 10.2 Å². The molecule has 0 bridgehead atoms. The minimum Gasteiger partial charge on any atom is -0.478 e. The molecule has 1 fully saturated rings. The molecule has 0 unspecified atom stereocenters. The summed E-state index contributed by atoms with van der Waals surface area (Å²) in [7, 11) is 0. The third-order valence-corrected chi connectivity index (χ3v) is 6.19. The van der Waals surface area contributed by atoms with Gasteiger partial charge in [-0.1, -0.05) is 48.5 Å². The maximum absolute atomic E-state index is 12.7. The Morgan fingerprint density at radius 3 is 2.24 bits per heavy atom. The molecule has 1 saturated heterocycles. The van der Waals surface area contributed by atoms with E-state index in [2.05, 4.69) is 34.5 Å². The monoisotopic (exact) mass is 444 g/mol. The van der Waals surface area contributed by atoms with Crippen molar-refractivity contribution in [2.24, 2.45) is 0 Å². The average Bonchev–Trinajstić information content (AvgIpc) is 3.17. The first-order chi connectivity index (χ1) is 16.1. The number of ether oxygens (including phenoxy) is 2. The van der Waals surface area contributed by atoms with E-state index in [0.717, 1.165) is 27.9 Å². The van der Waals surface area contributed by atoms with E-state index < -0.39 is 12.1 Å². The molecule has 1 heterocycles. The number of nitrogens with zero attached hydrogens (tertiary/aromatic N) is 1. The number of carboxylic acid groups (broad SMARTS) is 1. The lowest BCUT2D eigenvalue weighted by Gasteiger charge is -2.29. The van der Waals surface area contributed by atoms with Crippen LogP contribution in [0.5, 0.6) is 0 Å². The van der Waals surface area contributed by atoms with Crippen molar-refractivity contribution in [3.63, 3.8) is 0 Å². The molecule has 3 aromatic rings. The fraction of sp³-hybridized carbons (Fsp3) is 0.231. The highest BCUT2D eigenvalue weighted by molar-refractivity contribution is 5.99. The van der Waals surface area contributed by atoms with Crippen molar-refractivity contribution in [3.8, 4) is 11.1 Å². The van der Waals surface area contributed by atoms with E-state index in [1.54, 1.807) is 12.1 Å². The lowest BCUT2D eigenvalue weighted by Crippen LogP contribution is -2.36. The van der Waals surface area contributed by atoms with Crippen LogP contribution in [0.15, 0.2) is 66.7 Å². The third kappa shape index (κ3) is 4.15. The predicted octanol–water partition coefficient (Wildman–Crippen LogP) is 4.58. The van der Waals surface area contributed by atoms with Gasteiger partial charge in [0, 0.05) is 24.7 Å². The van der Waals surface area contributed by atoms with E-state index in [1.807, 2.05) is 24.3 Å². The zero-order valence-corrected chi connectivity index (χ0v) is 18.0. The second kappa shape index (κ2) is 8.96. The van der Waals surface area contributed by atoms with Gasteiger partial charge in [0.1, 0.15) is 6.61 Å². The summed E-state index contributed by atoms with van der Waals surface area (Å²) in [5, 5.41) is 12.2. The smallest absolute Gasteiger partial charge is 0.411 e. The molecule has 0 aromatic heterocycles. The van der Waals surface area contributed by atoms with Crippen LogP contribution in [0.1, 0.15) is 27.4 Å². The number of amides is 1. The number of morpholine rings is 1. The molecule has 2 N–H and O–H groups in total. The first-order valence-electron chi connectivity index (χ1n) is 10.9. The van der Waals surface area contributed by atoms with Crippen LogP contribution in [0.25, 0.3) is 11.1 Å². The Morgan fingerprint density at radius 1 is 0.970 bits per heavy atom. The summed E-state index contributed by atoms with van der Waals surface area (Å²) >= 11 is 0. The quantitative estimate of drug-likeness (QED) is 0.599. The summed E-state index contributed by atoms with van der Waals surface area (Å²) in [5.74, 6) is -1.18. The second-order valence-electron chi connectivity index (χ2n) is 8.09. The molecule has 7 heteroatoms. The lowest BCUT2D eigenvalue weighted by molar-refractivity contribution is 0.0698. The molecule has 1 amide bonds. The second-order valence-corrected chi connectivity index (χ2v) is 8.09. The molecule has 7 nitrogen and oxygen atoms in total. The highest BCUT2D eigenvalue weighted by Crippen LogP contribution is 2.44. The number of benzene rings is 3. The van der Waals surface area contributed by atoms with E-state index in [1.165, 1.54) is 6.07 Å². The van der Waals surface area contributed by atoms with Crippen molar-refractivity contribution in [1.82, 2.24) is 0 Å². The summed E-state index contributed by atoms with van der Waals surface area (Å²) in [6, 6.07) is 21.1. The summed E-state index contributed by atoms with van der Waals surface area (Å²) in [6.07, 6.45) is -0.682. The van der Waals surface area contributed by atoms with Crippen LogP contribution in [0.2, 0.25) is 0 Å². The summed E-state index contributed by atoms with van der Waals surface area (Å²) < 4.78 is 11.0. The predicted molar refractivity (Wildman–Crippen MR) is 125 cm³/mol. The van der Waals surface area contributed by atoms with Gasteiger partial charge in [-0.05, 0) is 40.5 Å². The van der Waals surface area contributed by atoms with E-state index in [-0.39, 0.29) is 23.8 Å². The first-order valence-corrected chi connectivity index (χ1v) is 10.9. The van der Waals surface area contributed by atoms with Crippen LogP contribution in [-0.2, 0) is 9.47 Å². The molecule has 0 atom stereocenters. The van der Waals surface area contributed by atoms with Gasteiger partial charge in [0.15, 0.2) is 0 Å². The molecule has 2 aliphatic rings.